The van der Waals surface area contributed by atoms with E-state index < -0.39 is 0 Å². The van der Waals surface area contributed by atoms with Crippen molar-refractivity contribution in [1.82, 2.24) is 4.98 Å². The maximum atomic E-state index is 12.8. The van der Waals surface area contributed by atoms with Crippen LogP contribution in [0, 0.1) is 6.92 Å². The summed E-state index contributed by atoms with van der Waals surface area (Å²) in [6.07, 6.45) is 0. The largest absolute Gasteiger partial charge is 0.486 e. The Bertz CT molecular complexity index is 1800. The lowest BCUT2D eigenvalue weighted by atomic mass is 9.78. The highest BCUT2D eigenvalue weighted by Crippen LogP contribution is 2.33. The minimum absolute atomic E-state index is 0.113. The number of nitrogens with zero attached hydrogens (tertiary/aromatic N) is 1. The summed E-state index contributed by atoms with van der Waals surface area (Å²) >= 11 is 1.66. The molecule has 6 aromatic rings. The van der Waals surface area contributed by atoms with Gasteiger partial charge in [0.05, 0.1) is 10.2 Å². The summed E-state index contributed by atoms with van der Waals surface area (Å²) in [5.41, 5.74) is 6.26. The molecular weight excluding hydrogens is 528 g/mol. The predicted molar refractivity (Wildman–Crippen MR) is 166 cm³/mol. The number of fused-ring (bicyclic) bond motifs is 1. The van der Waals surface area contributed by atoms with E-state index in [0.717, 1.165) is 21.8 Å². The van der Waals surface area contributed by atoms with Crippen LogP contribution in [0.4, 0.5) is 5.69 Å². The van der Waals surface area contributed by atoms with Crippen molar-refractivity contribution in [2.75, 3.05) is 5.32 Å². The van der Waals surface area contributed by atoms with Crippen LogP contribution in [0.5, 0.6) is 5.75 Å². The van der Waals surface area contributed by atoms with Crippen molar-refractivity contribution in [3.05, 3.63) is 137 Å². The van der Waals surface area contributed by atoms with Gasteiger partial charge in [0.15, 0.2) is 5.76 Å². The zero-order valence-corrected chi connectivity index (χ0v) is 24.0. The van der Waals surface area contributed by atoms with Crippen LogP contribution in [0.1, 0.15) is 46.9 Å². The molecule has 41 heavy (non-hydrogen) atoms. The number of thiazole rings is 1. The number of benzene rings is 4. The number of aryl methyl sites for hydroxylation is 1. The van der Waals surface area contributed by atoms with Crippen molar-refractivity contribution in [3.63, 3.8) is 0 Å². The normalized spacial score (nSPS) is 11.5. The van der Waals surface area contributed by atoms with E-state index in [1.165, 1.54) is 21.4 Å². The van der Waals surface area contributed by atoms with E-state index in [9.17, 15) is 4.79 Å². The lowest BCUT2D eigenvalue weighted by Gasteiger charge is -2.26. The number of furan rings is 1. The molecular formula is C35H30N2O3S. The minimum Gasteiger partial charge on any atom is -0.486 e. The molecule has 5 nitrogen and oxygen atoms in total. The quantitative estimate of drug-likeness (QED) is 0.202. The van der Waals surface area contributed by atoms with Crippen LogP contribution in [0.2, 0.25) is 0 Å². The van der Waals surface area contributed by atoms with E-state index in [2.05, 4.69) is 74.6 Å². The molecule has 1 amide bonds. The first-order valence-corrected chi connectivity index (χ1v) is 14.3. The average molecular weight is 559 g/mol. The number of aromatic nitrogens is 1. The lowest BCUT2D eigenvalue weighted by Crippen LogP contribution is -2.18. The zero-order chi connectivity index (χ0) is 28.4. The number of ether oxygens (including phenoxy) is 1. The first-order valence-electron chi connectivity index (χ1n) is 13.5. The molecule has 204 valence electrons. The number of carbonyl (C=O) groups excluding carboxylic acids is 1. The highest BCUT2D eigenvalue weighted by molar-refractivity contribution is 7.21. The molecule has 2 aromatic heterocycles. The molecule has 4 aromatic carbocycles. The van der Waals surface area contributed by atoms with Gasteiger partial charge in [0, 0.05) is 16.7 Å². The van der Waals surface area contributed by atoms with Crippen molar-refractivity contribution in [2.24, 2.45) is 0 Å². The molecule has 0 aliphatic carbocycles. The Kier molecular flexibility index (Phi) is 7.16. The fourth-order valence-electron chi connectivity index (χ4n) is 4.77. The molecule has 0 radical (unpaired) electrons. The average Bonchev–Trinajstić information content (AvgIpc) is 3.64. The Hall–Kier alpha value is -4.68. The molecule has 0 aliphatic rings. The lowest BCUT2D eigenvalue weighted by molar-refractivity contribution is 0.0992. The van der Waals surface area contributed by atoms with Crippen LogP contribution in [0.3, 0.4) is 0 Å². The van der Waals surface area contributed by atoms with Gasteiger partial charge in [0.2, 0.25) is 0 Å². The molecule has 0 saturated carbocycles. The molecule has 6 rings (SSSR count). The van der Waals surface area contributed by atoms with Gasteiger partial charge in [0.1, 0.15) is 23.1 Å². The molecule has 0 atom stereocenters. The SMILES string of the molecule is Cc1ccc2nc(-c3ccc(NC(=O)c4ccc(COc5ccc(C(C)(C)c6ccccc6)cc5)o4)cc3)sc2c1. The molecule has 6 heteroatoms. The molecule has 0 unspecified atom stereocenters. The number of nitrogens with one attached hydrogen (secondary N) is 1. The van der Waals surface area contributed by atoms with Crippen LogP contribution >= 0.6 is 11.3 Å². The first-order chi connectivity index (χ1) is 19.8. The number of hydrogen-bond acceptors (Lipinski definition) is 5. The molecule has 0 aliphatic heterocycles. The van der Waals surface area contributed by atoms with Crippen molar-refractivity contribution >= 4 is 33.1 Å². The van der Waals surface area contributed by atoms with Crippen molar-refractivity contribution in [2.45, 2.75) is 32.8 Å². The summed E-state index contributed by atoms with van der Waals surface area (Å²) in [5, 5.41) is 3.85. The second kappa shape index (κ2) is 11.1. The number of carbonyl (C=O) groups is 1. The van der Waals surface area contributed by atoms with Crippen molar-refractivity contribution in [3.8, 4) is 16.3 Å². The molecule has 2 heterocycles. The molecule has 0 fully saturated rings. The van der Waals surface area contributed by atoms with Gasteiger partial charge in [-0.05, 0) is 84.3 Å². The highest BCUT2D eigenvalue weighted by atomic mass is 32.1. The number of hydrogen-bond donors (Lipinski definition) is 1. The Morgan fingerprint density at radius 3 is 2.37 bits per heavy atom. The van der Waals surface area contributed by atoms with Crippen LogP contribution in [-0.4, -0.2) is 10.9 Å². The minimum atomic E-state index is -0.313. The Morgan fingerprint density at radius 2 is 1.61 bits per heavy atom. The second-order valence-electron chi connectivity index (χ2n) is 10.6. The standard InChI is InChI=1S/C35H30N2O3S/c1-23-9-19-30-32(21-23)41-34(37-30)24-10-14-27(15-11-24)36-33(38)31-20-18-29(40-31)22-39-28-16-12-26(13-17-28)35(2,3)25-7-5-4-6-8-25/h4-21H,22H2,1-3H3,(H,36,38). The fourth-order valence-corrected chi connectivity index (χ4v) is 5.83. The number of rotatable bonds is 8. The Morgan fingerprint density at radius 1 is 0.878 bits per heavy atom. The smallest absolute Gasteiger partial charge is 0.291 e. The number of anilines is 1. The van der Waals surface area contributed by atoms with Crippen LogP contribution in [-0.2, 0) is 12.0 Å². The Labute approximate surface area is 243 Å². The van der Waals surface area contributed by atoms with E-state index in [0.29, 0.717) is 11.4 Å². The van der Waals surface area contributed by atoms with Gasteiger partial charge in [-0.1, -0.05) is 62.4 Å². The monoisotopic (exact) mass is 558 g/mol. The maximum Gasteiger partial charge on any atom is 0.291 e. The van der Waals surface area contributed by atoms with Gasteiger partial charge >= 0.3 is 0 Å². The maximum absolute atomic E-state index is 12.8. The third-order valence-electron chi connectivity index (χ3n) is 7.27. The van der Waals surface area contributed by atoms with Crippen molar-refractivity contribution < 1.29 is 13.9 Å². The third kappa shape index (κ3) is 5.79. The summed E-state index contributed by atoms with van der Waals surface area (Å²) in [6, 6.07) is 35.9. The summed E-state index contributed by atoms with van der Waals surface area (Å²) in [6.45, 7) is 6.74. The molecule has 0 bridgehead atoms. The summed E-state index contributed by atoms with van der Waals surface area (Å²) in [4.78, 5) is 17.5. The summed E-state index contributed by atoms with van der Waals surface area (Å²) in [5.74, 6) is 1.23. The van der Waals surface area contributed by atoms with Crippen molar-refractivity contribution in [1.29, 1.82) is 0 Å². The highest BCUT2D eigenvalue weighted by Gasteiger charge is 2.22. The second-order valence-corrected chi connectivity index (χ2v) is 11.6. The van der Waals surface area contributed by atoms with Gasteiger partial charge in [-0.2, -0.15) is 0 Å². The molecule has 1 N–H and O–H groups in total. The topological polar surface area (TPSA) is 64.4 Å². The summed E-state index contributed by atoms with van der Waals surface area (Å²) < 4.78 is 12.9. The van der Waals surface area contributed by atoms with Crippen LogP contribution in [0.25, 0.3) is 20.8 Å². The van der Waals surface area contributed by atoms with Crippen LogP contribution < -0.4 is 10.1 Å². The van der Waals surface area contributed by atoms with Crippen LogP contribution in [0.15, 0.2) is 114 Å². The first kappa shape index (κ1) is 26.5. The van der Waals surface area contributed by atoms with E-state index in [4.69, 9.17) is 14.1 Å². The molecule has 0 saturated heterocycles. The van der Waals surface area contributed by atoms with E-state index in [1.54, 1.807) is 23.5 Å². The number of amides is 1. The summed E-state index contributed by atoms with van der Waals surface area (Å²) in [7, 11) is 0. The molecule has 0 spiro atoms. The fraction of sp³-hybridized carbons (Fsp3) is 0.143. The Balaban J connectivity index is 1.05. The zero-order valence-electron chi connectivity index (χ0n) is 23.2. The predicted octanol–water partition coefficient (Wildman–Crippen LogP) is 9.02. The van der Waals surface area contributed by atoms with Gasteiger partial charge in [-0.3, -0.25) is 4.79 Å². The third-order valence-corrected chi connectivity index (χ3v) is 8.34. The van der Waals surface area contributed by atoms with E-state index in [-0.39, 0.29) is 23.7 Å². The van der Waals surface area contributed by atoms with Gasteiger partial charge in [0.25, 0.3) is 5.91 Å². The van der Waals surface area contributed by atoms with E-state index >= 15 is 0 Å². The van der Waals surface area contributed by atoms with Gasteiger partial charge in [-0.25, -0.2) is 4.98 Å². The van der Waals surface area contributed by atoms with E-state index in [1.807, 2.05) is 48.5 Å². The van der Waals surface area contributed by atoms with Gasteiger partial charge in [-0.15, -0.1) is 11.3 Å². The van der Waals surface area contributed by atoms with Gasteiger partial charge < -0.3 is 14.5 Å².